The summed E-state index contributed by atoms with van der Waals surface area (Å²) in [6.07, 6.45) is 0.400. The first kappa shape index (κ1) is 14.1. The fraction of sp³-hybridized carbons (Fsp3) is 0.188. The maximum atomic E-state index is 12.3. The number of benzene rings is 2. The number of carbonyl (C=O) groups is 1. The van der Waals surface area contributed by atoms with E-state index in [9.17, 15) is 4.79 Å². The standard InChI is InChI=1S/C16H15IO2/c1-11-3-5-12(6-4-11)9-15(18)14-10-13(17)7-8-16(14)19-2/h3-8,10H,9H2,1-2H3. The van der Waals surface area contributed by atoms with Gasteiger partial charge in [0.05, 0.1) is 12.7 Å². The van der Waals surface area contributed by atoms with Crippen molar-refractivity contribution in [1.29, 1.82) is 0 Å². The van der Waals surface area contributed by atoms with Gasteiger partial charge >= 0.3 is 0 Å². The van der Waals surface area contributed by atoms with Crippen LogP contribution in [-0.4, -0.2) is 12.9 Å². The normalized spacial score (nSPS) is 10.3. The monoisotopic (exact) mass is 366 g/mol. The van der Waals surface area contributed by atoms with Crippen LogP contribution in [0, 0.1) is 10.5 Å². The second kappa shape index (κ2) is 6.19. The van der Waals surface area contributed by atoms with Gasteiger partial charge in [0.2, 0.25) is 0 Å². The lowest BCUT2D eigenvalue weighted by Gasteiger charge is -2.08. The lowest BCUT2D eigenvalue weighted by molar-refractivity contribution is 0.0990. The molecule has 0 unspecified atom stereocenters. The van der Waals surface area contributed by atoms with E-state index in [-0.39, 0.29) is 5.78 Å². The van der Waals surface area contributed by atoms with Crippen molar-refractivity contribution >= 4 is 28.4 Å². The molecule has 0 aliphatic heterocycles. The van der Waals surface area contributed by atoms with Gasteiger partial charge in [-0.2, -0.15) is 0 Å². The van der Waals surface area contributed by atoms with Gasteiger partial charge in [-0.1, -0.05) is 29.8 Å². The molecule has 0 atom stereocenters. The van der Waals surface area contributed by atoms with Gasteiger partial charge in [-0.05, 0) is 53.3 Å². The lowest BCUT2D eigenvalue weighted by Crippen LogP contribution is -2.06. The predicted molar refractivity (Wildman–Crippen MR) is 84.9 cm³/mol. The molecule has 0 amide bonds. The zero-order valence-corrected chi connectivity index (χ0v) is 13.1. The number of carbonyl (C=O) groups excluding carboxylic acids is 1. The van der Waals surface area contributed by atoms with Crippen LogP contribution in [-0.2, 0) is 6.42 Å². The SMILES string of the molecule is COc1ccc(I)cc1C(=O)Cc1ccc(C)cc1. The van der Waals surface area contributed by atoms with Crippen LogP contribution in [0.5, 0.6) is 5.75 Å². The molecule has 2 rings (SSSR count). The van der Waals surface area contributed by atoms with E-state index in [0.29, 0.717) is 17.7 Å². The smallest absolute Gasteiger partial charge is 0.170 e. The summed E-state index contributed by atoms with van der Waals surface area (Å²) >= 11 is 2.20. The van der Waals surface area contributed by atoms with E-state index in [1.54, 1.807) is 7.11 Å². The fourth-order valence-corrected chi connectivity index (χ4v) is 2.38. The highest BCUT2D eigenvalue weighted by Crippen LogP contribution is 2.22. The molecule has 19 heavy (non-hydrogen) atoms. The van der Waals surface area contributed by atoms with Crippen LogP contribution in [0.1, 0.15) is 21.5 Å². The molecule has 0 saturated heterocycles. The van der Waals surface area contributed by atoms with Gasteiger partial charge in [0.25, 0.3) is 0 Å². The minimum absolute atomic E-state index is 0.0826. The van der Waals surface area contributed by atoms with E-state index in [1.165, 1.54) is 5.56 Å². The third-order valence-corrected chi connectivity index (χ3v) is 3.62. The molecule has 0 aliphatic carbocycles. The molecule has 2 aromatic rings. The molecule has 0 bridgehead atoms. The van der Waals surface area contributed by atoms with Gasteiger partial charge in [0.1, 0.15) is 5.75 Å². The molecule has 0 radical (unpaired) electrons. The van der Waals surface area contributed by atoms with Crippen molar-refractivity contribution in [2.75, 3.05) is 7.11 Å². The highest BCUT2D eigenvalue weighted by atomic mass is 127. The van der Waals surface area contributed by atoms with Crippen LogP contribution in [0.15, 0.2) is 42.5 Å². The summed E-state index contributed by atoms with van der Waals surface area (Å²) in [4.78, 5) is 12.3. The average Bonchev–Trinajstić information content (AvgIpc) is 2.41. The van der Waals surface area contributed by atoms with E-state index in [4.69, 9.17) is 4.74 Å². The molecule has 0 aromatic heterocycles. The molecule has 0 fully saturated rings. The largest absolute Gasteiger partial charge is 0.496 e. The zero-order valence-electron chi connectivity index (χ0n) is 10.9. The number of hydrogen-bond acceptors (Lipinski definition) is 2. The number of ketones is 1. The number of hydrogen-bond donors (Lipinski definition) is 0. The number of ether oxygens (including phenoxy) is 1. The summed E-state index contributed by atoms with van der Waals surface area (Å²) in [7, 11) is 1.59. The topological polar surface area (TPSA) is 26.3 Å². The van der Waals surface area contributed by atoms with Crippen molar-refractivity contribution in [3.8, 4) is 5.75 Å². The molecule has 0 aliphatic rings. The van der Waals surface area contributed by atoms with Crippen molar-refractivity contribution in [3.05, 3.63) is 62.7 Å². The quantitative estimate of drug-likeness (QED) is 0.603. The lowest BCUT2D eigenvalue weighted by atomic mass is 10.0. The van der Waals surface area contributed by atoms with Crippen LogP contribution >= 0.6 is 22.6 Å². The summed E-state index contributed by atoms with van der Waals surface area (Å²) < 4.78 is 6.29. The molecule has 2 aromatic carbocycles. The summed E-state index contributed by atoms with van der Waals surface area (Å²) in [5, 5.41) is 0. The van der Waals surface area contributed by atoms with Crippen molar-refractivity contribution in [2.24, 2.45) is 0 Å². The molecular weight excluding hydrogens is 351 g/mol. The Balaban J connectivity index is 2.24. The maximum absolute atomic E-state index is 12.3. The third kappa shape index (κ3) is 3.56. The van der Waals surface area contributed by atoms with Crippen LogP contribution in [0.25, 0.3) is 0 Å². The molecule has 0 saturated carbocycles. The molecule has 2 nitrogen and oxygen atoms in total. The number of aryl methyl sites for hydroxylation is 1. The van der Waals surface area contributed by atoms with Crippen molar-refractivity contribution < 1.29 is 9.53 Å². The minimum Gasteiger partial charge on any atom is -0.496 e. The minimum atomic E-state index is 0.0826. The molecule has 3 heteroatoms. The Morgan fingerprint density at radius 3 is 2.47 bits per heavy atom. The average molecular weight is 366 g/mol. The molecular formula is C16H15IO2. The fourth-order valence-electron chi connectivity index (χ4n) is 1.88. The van der Waals surface area contributed by atoms with E-state index >= 15 is 0 Å². The second-order valence-corrected chi connectivity index (χ2v) is 5.68. The summed E-state index contributed by atoms with van der Waals surface area (Å²) in [5.74, 6) is 0.719. The highest BCUT2D eigenvalue weighted by molar-refractivity contribution is 14.1. The first-order chi connectivity index (χ1) is 9.10. The first-order valence-corrected chi connectivity index (χ1v) is 7.10. The zero-order chi connectivity index (χ0) is 13.8. The van der Waals surface area contributed by atoms with Gasteiger partial charge in [0.15, 0.2) is 5.78 Å². The van der Waals surface area contributed by atoms with Crippen LogP contribution in [0.3, 0.4) is 0 Å². The Bertz CT molecular complexity index is 588. The molecule has 0 spiro atoms. The number of Topliss-reactive ketones (excluding diaryl/α,β-unsaturated/α-hetero) is 1. The second-order valence-electron chi connectivity index (χ2n) is 4.43. The van der Waals surface area contributed by atoms with Gasteiger partial charge in [0, 0.05) is 9.99 Å². The van der Waals surface area contributed by atoms with Gasteiger partial charge < -0.3 is 4.74 Å². The highest BCUT2D eigenvalue weighted by Gasteiger charge is 2.13. The molecule has 0 N–H and O–H groups in total. The first-order valence-electron chi connectivity index (χ1n) is 6.02. The van der Waals surface area contributed by atoms with Gasteiger partial charge in [-0.3, -0.25) is 4.79 Å². The number of halogens is 1. The van der Waals surface area contributed by atoms with E-state index in [1.807, 2.05) is 49.4 Å². The van der Waals surface area contributed by atoms with Crippen LogP contribution in [0.4, 0.5) is 0 Å². The number of methoxy groups -OCH3 is 1. The van der Waals surface area contributed by atoms with Gasteiger partial charge in [-0.25, -0.2) is 0 Å². The van der Waals surface area contributed by atoms with E-state index in [2.05, 4.69) is 22.6 Å². The Kier molecular flexibility index (Phi) is 4.58. The summed E-state index contributed by atoms with van der Waals surface area (Å²) in [6.45, 7) is 2.04. The summed E-state index contributed by atoms with van der Waals surface area (Å²) in [5.41, 5.74) is 2.87. The van der Waals surface area contributed by atoms with E-state index in [0.717, 1.165) is 9.13 Å². The van der Waals surface area contributed by atoms with Gasteiger partial charge in [-0.15, -0.1) is 0 Å². The molecule has 98 valence electrons. The summed E-state index contributed by atoms with van der Waals surface area (Å²) in [6, 6.07) is 13.7. The third-order valence-electron chi connectivity index (χ3n) is 2.95. The number of rotatable bonds is 4. The Labute approximate surface area is 126 Å². The Morgan fingerprint density at radius 2 is 1.84 bits per heavy atom. The van der Waals surface area contributed by atoms with Crippen molar-refractivity contribution in [1.82, 2.24) is 0 Å². The molecule has 0 heterocycles. The predicted octanol–water partition coefficient (Wildman–Crippen LogP) is 4.03. The van der Waals surface area contributed by atoms with Crippen LogP contribution in [0.2, 0.25) is 0 Å². The Morgan fingerprint density at radius 1 is 1.16 bits per heavy atom. The Hall–Kier alpha value is -1.36. The van der Waals surface area contributed by atoms with Crippen molar-refractivity contribution in [2.45, 2.75) is 13.3 Å². The maximum Gasteiger partial charge on any atom is 0.170 e. The van der Waals surface area contributed by atoms with E-state index < -0.39 is 0 Å². The van der Waals surface area contributed by atoms with Crippen molar-refractivity contribution in [3.63, 3.8) is 0 Å². The van der Waals surface area contributed by atoms with Crippen LogP contribution < -0.4 is 4.74 Å².